The summed E-state index contributed by atoms with van der Waals surface area (Å²) in [6.45, 7) is 1.43. The number of carbonyl (C=O) groups excluding carboxylic acids is 2. The maximum Gasteiger partial charge on any atom is 0.338 e. The molecule has 0 saturated heterocycles. The predicted molar refractivity (Wildman–Crippen MR) is 110 cm³/mol. The van der Waals surface area contributed by atoms with E-state index >= 15 is 0 Å². The van der Waals surface area contributed by atoms with E-state index in [9.17, 15) is 19.7 Å². The van der Waals surface area contributed by atoms with Gasteiger partial charge >= 0.3 is 5.97 Å². The number of hydrogen-bond donors (Lipinski definition) is 1. The molecule has 1 atom stereocenters. The Labute approximate surface area is 169 Å². The third-order valence-electron chi connectivity index (χ3n) is 4.34. The molecule has 0 aliphatic carbocycles. The fourth-order valence-corrected chi connectivity index (χ4v) is 2.81. The number of nitrogens with zero attached hydrogens (tertiary/aromatic N) is 2. The van der Waals surface area contributed by atoms with Gasteiger partial charge in [0.1, 0.15) is 5.69 Å². The van der Waals surface area contributed by atoms with Crippen molar-refractivity contribution in [2.75, 3.05) is 25.6 Å². The van der Waals surface area contributed by atoms with Gasteiger partial charge in [-0.05, 0) is 37.5 Å². The minimum absolute atomic E-state index is 0.0206. The van der Waals surface area contributed by atoms with E-state index in [4.69, 9.17) is 4.74 Å². The number of rotatable bonds is 9. The molecule has 1 N–H and O–H groups in total. The number of anilines is 1. The summed E-state index contributed by atoms with van der Waals surface area (Å²) >= 11 is 0. The standard InChI is InChI=1S/C21H25N3O5/c1-15(9-10-16-7-5-4-6-8-16)22-20(25)14-29-21(26)17-11-12-18(23(2)3)19(13-17)24(27)28/h4-8,11-13,15H,9-10,14H2,1-3H3,(H,22,25)/t15-/m1/s1. The second-order valence-electron chi connectivity index (χ2n) is 6.92. The highest BCUT2D eigenvalue weighted by Crippen LogP contribution is 2.27. The van der Waals surface area contributed by atoms with Gasteiger partial charge in [-0.15, -0.1) is 0 Å². The van der Waals surface area contributed by atoms with E-state index in [-0.39, 0.29) is 17.3 Å². The molecule has 0 fully saturated rings. The monoisotopic (exact) mass is 399 g/mol. The minimum Gasteiger partial charge on any atom is -0.452 e. The molecule has 29 heavy (non-hydrogen) atoms. The molecule has 0 heterocycles. The first kappa shape index (κ1) is 21.9. The van der Waals surface area contributed by atoms with Crippen molar-refractivity contribution in [3.8, 4) is 0 Å². The largest absolute Gasteiger partial charge is 0.452 e. The summed E-state index contributed by atoms with van der Waals surface area (Å²) in [4.78, 5) is 36.4. The van der Waals surface area contributed by atoms with E-state index in [1.807, 2.05) is 37.3 Å². The van der Waals surface area contributed by atoms with Crippen molar-refractivity contribution in [2.45, 2.75) is 25.8 Å². The lowest BCUT2D eigenvalue weighted by Crippen LogP contribution is -2.36. The van der Waals surface area contributed by atoms with Crippen LogP contribution in [0.25, 0.3) is 0 Å². The number of carbonyl (C=O) groups is 2. The van der Waals surface area contributed by atoms with Gasteiger partial charge in [-0.2, -0.15) is 0 Å². The summed E-state index contributed by atoms with van der Waals surface area (Å²) in [5, 5.41) is 14.0. The second kappa shape index (κ2) is 10.2. The molecule has 0 saturated carbocycles. The molecule has 1 amide bonds. The maximum atomic E-state index is 12.2. The van der Waals surface area contributed by atoms with Gasteiger partial charge in [-0.1, -0.05) is 30.3 Å². The zero-order valence-electron chi connectivity index (χ0n) is 16.8. The lowest BCUT2D eigenvalue weighted by atomic mass is 10.1. The van der Waals surface area contributed by atoms with Gasteiger partial charge in [0.25, 0.3) is 11.6 Å². The van der Waals surface area contributed by atoms with Gasteiger partial charge < -0.3 is 15.0 Å². The number of nitro groups is 1. The Balaban J connectivity index is 1.85. The summed E-state index contributed by atoms with van der Waals surface area (Å²) in [7, 11) is 3.34. The fraction of sp³-hybridized carbons (Fsp3) is 0.333. The zero-order valence-corrected chi connectivity index (χ0v) is 16.8. The SMILES string of the molecule is C[C@H](CCc1ccccc1)NC(=O)COC(=O)c1ccc(N(C)C)c([N+](=O)[O-])c1. The quantitative estimate of drug-likeness (QED) is 0.395. The highest BCUT2D eigenvalue weighted by Gasteiger charge is 2.20. The van der Waals surface area contributed by atoms with Crippen LogP contribution < -0.4 is 10.2 Å². The molecule has 0 aliphatic heterocycles. The van der Waals surface area contributed by atoms with Crippen LogP contribution in [0.5, 0.6) is 0 Å². The molecular weight excluding hydrogens is 374 g/mol. The van der Waals surface area contributed by atoms with Crippen molar-refractivity contribution in [3.05, 3.63) is 69.8 Å². The summed E-state index contributed by atoms with van der Waals surface area (Å²) in [5.41, 5.74) is 1.37. The summed E-state index contributed by atoms with van der Waals surface area (Å²) in [5.74, 6) is -1.20. The Kier molecular flexibility index (Phi) is 7.70. The van der Waals surface area contributed by atoms with Crippen molar-refractivity contribution in [3.63, 3.8) is 0 Å². The summed E-state index contributed by atoms with van der Waals surface area (Å²) < 4.78 is 5.00. The number of benzene rings is 2. The van der Waals surface area contributed by atoms with E-state index in [0.29, 0.717) is 5.69 Å². The average molecular weight is 399 g/mol. The predicted octanol–water partition coefficient (Wildman–Crippen LogP) is 2.96. The average Bonchev–Trinajstić information content (AvgIpc) is 2.70. The van der Waals surface area contributed by atoms with Crippen LogP contribution in [-0.4, -0.2) is 43.5 Å². The lowest BCUT2D eigenvalue weighted by molar-refractivity contribution is -0.384. The summed E-state index contributed by atoms with van der Waals surface area (Å²) in [6.07, 6.45) is 1.58. The molecule has 8 nitrogen and oxygen atoms in total. The van der Waals surface area contributed by atoms with Crippen molar-refractivity contribution < 1.29 is 19.2 Å². The van der Waals surface area contributed by atoms with Gasteiger partial charge in [-0.3, -0.25) is 14.9 Å². The number of ether oxygens (including phenoxy) is 1. The Hall–Kier alpha value is -3.42. The van der Waals surface area contributed by atoms with Crippen LogP contribution >= 0.6 is 0 Å². The number of aryl methyl sites for hydroxylation is 1. The third-order valence-corrected chi connectivity index (χ3v) is 4.34. The van der Waals surface area contributed by atoms with Gasteiger partial charge in [0.15, 0.2) is 6.61 Å². The number of amides is 1. The third kappa shape index (κ3) is 6.60. The number of hydrogen-bond acceptors (Lipinski definition) is 6. The van der Waals surface area contributed by atoms with Crippen LogP contribution in [0.15, 0.2) is 48.5 Å². The van der Waals surface area contributed by atoms with E-state index in [1.54, 1.807) is 19.0 Å². The van der Waals surface area contributed by atoms with Crippen molar-refractivity contribution in [2.24, 2.45) is 0 Å². The number of nitrogens with one attached hydrogen (secondary N) is 1. The summed E-state index contributed by atoms with van der Waals surface area (Å²) in [6, 6.07) is 13.9. The molecule has 2 rings (SSSR count). The molecule has 2 aromatic carbocycles. The molecule has 0 aliphatic rings. The minimum atomic E-state index is -0.787. The first-order valence-electron chi connectivity index (χ1n) is 9.24. The van der Waals surface area contributed by atoms with Crippen molar-refractivity contribution >= 4 is 23.3 Å². The molecule has 0 spiro atoms. The Bertz CT molecular complexity index is 868. The fourth-order valence-electron chi connectivity index (χ4n) is 2.81. The highest BCUT2D eigenvalue weighted by molar-refractivity contribution is 5.93. The maximum absolute atomic E-state index is 12.2. The molecule has 0 radical (unpaired) electrons. The second-order valence-corrected chi connectivity index (χ2v) is 6.92. The van der Waals surface area contributed by atoms with E-state index in [1.165, 1.54) is 17.7 Å². The van der Waals surface area contributed by atoms with Crippen molar-refractivity contribution in [1.29, 1.82) is 0 Å². The van der Waals surface area contributed by atoms with Crippen LogP contribution in [0.4, 0.5) is 11.4 Å². The van der Waals surface area contributed by atoms with Gasteiger partial charge in [0, 0.05) is 26.2 Å². The smallest absolute Gasteiger partial charge is 0.338 e. The zero-order chi connectivity index (χ0) is 21.4. The number of esters is 1. The van der Waals surface area contributed by atoms with Gasteiger partial charge in [0.05, 0.1) is 10.5 Å². The normalized spacial score (nSPS) is 11.4. The van der Waals surface area contributed by atoms with E-state index in [2.05, 4.69) is 5.32 Å². The molecule has 154 valence electrons. The first-order chi connectivity index (χ1) is 13.8. The van der Waals surface area contributed by atoms with Crippen LogP contribution in [0.1, 0.15) is 29.3 Å². The molecule has 0 bridgehead atoms. The molecule has 8 heteroatoms. The Morgan fingerprint density at radius 1 is 1.17 bits per heavy atom. The van der Waals surface area contributed by atoms with Crippen LogP contribution in [0.3, 0.4) is 0 Å². The van der Waals surface area contributed by atoms with Gasteiger partial charge in [-0.25, -0.2) is 4.79 Å². The molecule has 0 aromatic heterocycles. The van der Waals surface area contributed by atoms with E-state index < -0.39 is 23.4 Å². The Morgan fingerprint density at radius 3 is 2.48 bits per heavy atom. The number of nitro benzene ring substituents is 1. The Morgan fingerprint density at radius 2 is 1.86 bits per heavy atom. The highest BCUT2D eigenvalue weighted by atomic mass is 16.6. The van der Waals surface area contributed by atoms with Crippen LogP contribution in [0, 0.1) is 10.1 Å². The van der Waals surface area contributed by atoms with Crippen LogP contribution in [0.2, 0.25) is 0 Å². The lowest BCUT2D eigenvalue weighted by Gasteiger charge is -2.15. The van der Waals surface area contributed by atoms with Crippen LogP contribution in [-0.2, 0) is 16.0 Å². The first-order valence-corrected chi connectivity index (χ1v) is 9.24. The molecule has 2 aromatic rings. The van der Waals surface area contributed by atoms with E-state index in [0.717, 1.165) is 18.9 Å². The molecular formula is C21H25N3O5. The van der Waals surface area contributed by atoms with Crippen molar-refractivity contribution in [1.82, 2.24) is 5.32 Å². The van der Waals surface area contributed by atoms with Gasteiger partial charge in [0.2, 0.25) is 0 Å². The molecule has 0 unspecified atom stereocenters. The topological polar surface area (TPSA) is 102 Å².